The molecule has 4 aromatic rings. The number of likely N-dealkylation sites (tertiary alicyclic amines) is 1. The van der Waals surface area contributed by atoms with E-state index in [0.717, 1.165) is 16.7 Å². The smallest absolute Gasteiger partial charge is 0.258 e. The molecule has 1 saturated heterocycles. The number of pyridine rings is 1. The van der Waals surface area contributed by atoms with Gasteiger partial charge in [-0.3, -0.25) is 19.2 Å². The molecule has 0 saturated carbocycles. The number of aromatic amines is 1. The van der Waals surface area contributed by atoms with E-state index in [1.807, 2.05) is 49.4 Å². The highest BCUT2D eigenvalue weighted by molar-refractivity contribution is 6.06. The monoisotopic (exact) mass is 624 g/mol. The van der Waals surface area contributed by atoms with E-state index in [2.05, 4.69) is 15.6 Å². The molecular weight excluding hydrogens is 588 g/mol. The Morgan fingerprint density at radius 2 is 1.74 bits per heavy atom. The minimum absolute atomic E-state index is 0.0712. The van der Waals surface area contributed by atoms with Crippen molar-refractivity contribution in [2.24, 2.45) is 0 Å². The minimum atomic E-state index is -0.572. The quantitative estimate of drug-likeness (QED) is 0.311. The molecule has 5 aliphatic heterocycles. The number of aromatic nitrogens is 1. The molecule has 0 unspecified atom stereocenters. The maximum atomic E-state index is 13.9. The molecule has 3 N–H and O–H groups in total. The van der Waals surface area contributed by atoms with E-state index >= 15 is 0 Å². The molecule has 6 heterocycles. The summed E-state index contributed by atoms with van der Waals surface area (Å²) in [5.74, 6) is 0.689. The van der Waals surface area contributed by atoms with Crippen LogP contribution in [0.25, 0.3) is 10.9 Å². The molecule has 11 heteroatoms. The second-order valence-corrected chi connectivity index (χ2v) is 11.7. The predicted molar refractivity (Wildman–Crippen MR) is 171 cm³/mol. The van der Waals surface area contributed by atoms with Crippen LogP contribution in [0.1, 0.15) is 39.9 Å². The van der Waals surface area contributed by atoms with E-state index < -0.39 is 18.1 Å². The summed E-state index contributed by atoms with van der Waals surface area (Å²) in [5.41, 5.74) is 3.31. The van der Waals surface area contributed by atoms with Crippen molar-refractivity contribution in [1.29, 1.82) is 0 Å². The molecule has 46 heavy (non-hydrogen) atoms. The molecule has 238 valence electrons. The number of piperidine rings is 1. The van der Waals surface area contributed by atoms with Gasteiger partial charge >= 0.3 is 0 Å². The molecule has 4 bridgehead atoms. The Labute approximate surface area is 265 Å². The Balaban J connectivity index is 1.27. The van der Waals surface area contributed by atoms with E-state index in [4.69, 9.17) is 14.2 Å². The maximum Gasteiger partial charge on any atom is 0.258 e. The molecule has 11 nitrogen and oxygen atoms in total. The Hall–Kier alpha value is -5.32. The molecule has 2 atom stereocenters. The average Bonchev–Trinajstić information content (AvgIpc) is 3.06. The first-order chi connectivity index (χ1) is 22.2. The van der Waals surface area contributed by atoms with Crippen LogP contribution in [0.4, 0.5) is 0 Å². The van der Waals surface area contributed by atoms with Crippen LogP contribution >= 0.6 is 0 Å². The summed E-state index contributed by atoms with van der Waals surface area (Å²) in [4.78, 5) is 56.5. The summed E-state index contributed by atoms with van der Waals surface area (Å²) in [6.45, 7) is 2.54. The number of ether oxygens (including phenoxy) is 3. The van der Waals surface area contributed by atoms with Gasteiger partial charge in [-0.1, -0.05) is 29.8 Å². The van der Waals surface area contributed by atoms with Crippen LogP contribution in [0, 0.1) is 6.92 Å². The molecule has 0 radical (unpaired) electrons. The number of aryl methyl sites for hydroxylation is 2. The van der Waals surface area contributed by atoms with Gasteiger partial charge in [0.25, 0.3) is 11.8 Å². The Morgan fingerprint density at radius 1 is 0.935 bits per heavy atom. The molecule has 5 aliphatic rings. The molecule has 3 amide bonds. The van der Waals surface area contributed by atoms with Crippen molar-refractivity contribution in [3.8, 4) is 17.2 Å². The number of H-pyrrole nitrogens is 1. The van der Waals surface area contributed by atoms with E-state index in [9.17, 15) is 19.2 Å². The number of fused-ring (bicyclic) bond motifs is 1. The highest BCUT2D eigenvalue weighted by Crippen LogP contribution is 2.29. The van der Waals surface area contributed by atoms with Gasteiger partial charge in [-0.05, 0) is 60.9 Å². The highest BCUT2D eigenvalue weighted by atomic mass is 16.5. The van der Waals surface area contributed by atoms with Crippen molar-refractivity contribution in [3.05, 3.63) is 99.3 Å². The standard InChI is InChI=1S/C35H36N4O7/c1-21-3-10-27-25(15-21)26(17-33(41)37-27)35(43)39-14-13-29-28(19-39)38-34(42)20-45-30-11-6-22(16-31(30)44-2)7-12-32(40)36-18-23-4-8-24(46-29)9-5-23/h3-6,8-11,15-17,28-29H,7,12-14,18-20H2,1-2H3,(H,36,40)(H,37,41)(H,38,42)/t28-,29-/m1/s1. The summed E-state index contributed by atoms with van der Waals surface area (Å²) >= 11 is 0. The van der Waals surface area contributed by atoms with Gasteiger partial charge < -0.3 is 34.7 Å². The second-order valence-electron chi connectivity index (χ2n) is 11.7. The van der Waals surface area contributed by atoms with Crippen molar-refractivity contribution in [1.82, 2.24) is 20.5 Å². The lowest BCUT2D eigenvalue weighted by molar-refractivity contribution is -0.125. The van der Waals surface area contributed by atoms with E-state index in [1.54, 1.807) is 23.1 Å². The third-order valence-corrected chi connectivity index (χ3v) is 8.34. The fraction of sp³-hybridized carbons (Fsp3) is 0.314. The zero-order valence-corrected chi connectivity index (χ0v) is 25.8. The number of methoxy groups -OCH3 is 1. The second kappa shape index (κ2) is 13.4. The van der Waals surface area contributed by atoms with Crippen LogP contribution in [0.2, 0.25) is 0 Å². The fourth-order valence-corrected chi connectivity index (χ4v) is 5.90. The van der Waals surface area contributed by atoms with Crippen molar-refractivity contribution < 1.29 is 28.6 Å². The number of carbonyl (C=O) groups is 3. The SMILES string of the molecule is COc1cc2ccc1OCC(=O)N[C@@H]1CN(C(=O)c3cc(=O)[nH]c4ccc(C)cc34)CC[C@H]1Oc1ccc(cc1)CNC(=O)CC2. The van der Waals surface area contributed by atoms with Crippen LogP contribution in [-0.4, -0.2) is 66.6 Å². The molecule has 0 spiro atoms. The van der Waals surface area contributed by atoms with Crippen LogP contribution in [0.15, 0.2) is 71.5 Å². The van der Waals surface area contributed by atoms with Crippen molar-refractivity contribution in [2.45, 2.75) is 44.9 Å². The summed E-state index contributed by atoms with van der Waals surface area (Å²) in [5, 5.41) is 6.64. The normalized spacial score (nSPS) is 19.0. The first-order valence-electron chi connectivity index (χ1n) is 15.3. The molecular formula is C35H36N4O7. The lowest BCUT2D eigenvalue weighted by Crippen LogP contribution is -2.58. The van der Waals surface area contributed by atoms with E-state index in [1.165, 1.54) is 13.2 Å². The first-order valence-corrected chi connectivity index (χ1v) is 15.3. The molecule has 9 rings (SSSR count). The number of benzene rings is 3. The van der Waals surface area contributed by atoms with Crippen molar-refractivity contribution >= 4 is 28.6 Å². The number of amides is 3. The van der Waals surface area contributed by atoms with Gasteiger partial charge in [0.15, 0.2) is 18.1 Å². The number of nitrogens with one attached hydrogen (secondary N) is 3. The van der Waals surface area contributed by atoms with Gasteiger partial charge in [0.05, 0.1) is 18.7 Å². The van der Waals surface area contributed by atoms with Crippen molar-refractivity contribution in [2.75, 3.05) is 26.8 Å². The Morgan fingerprint density at radius 3 is 2.54 bits per heavy atom. The molecule has 1 fully saturated rings. The summed E-state index contributed by atoms with van der Waals surface area (Å²) in [7, 11) is 1.52. The topological polar surface area (TPSA) is 139 Å². The van der Waals surface area contributed by atoms with Crippen LogP contribution in [0.3, 0.4) is 0 Å². The highest BCUT2D eigenvalue weighted by Gasteiger charge is 2.35. The predicted octanol–water partition coefficient (Wildman–Crippen LogP) is 3.26. The molecule has 3 aromatic carbocycles. The minimum Gasteiger partial charge on any atom is -0.493 e. The van der Waals surface area contributed by atoms with Gasteiger partial charge in [0, 0.05) is 49.4 Å². The summed E-state index contributed by atoms with van der Waals surface area (Å²) < 4.78 is 17.7. The third-order valence-electron chi connectivity index (χ3n) is 8.34. The van der Waals surface area contributed by atoms with Gasteiger partial charge in [0.2, 0.25) is 11.5 Å². The zero-order chi connectivity index (χ0) is 32.2. The third kappa shape index (κ3) is 6.98. The van der Waals surface area contributed by atoms with Gasteiger partial charge in [-0.25, -0.2) is 0 Å². The Kier molecular flexibility index (Phi) is 8.91. The van der Waals surface area contributed by atoms with Crippen LogP contribution < -0.4 is 30.4 Å². The molecule has 1 aromatic heterocycles. The number of hydrogen-bond donors (Lipinski definition) is 3. The maximum absolute atomic E-state index is 13.9. The molecule has 0 aliphatic carbocycles. The van der Waals surface area contributed by atoms with E-state index in [0.29, 0.717) is 66.1 Å². The number of carbonyl (C=O) groups excluding carboxylic acids is 3. The number of hydrogen-bond acceptors (Lipinski definition) is 7. The lowest BCUT2D eigenvalue weighted by atomic mass is 9.99. The van der Waals surface area contributed by atoms with Gasteiger partial charge in [-0.2, -0.15) is 0 Å². The van der Waals surface area contributed by atoms with Gasteiger partial charge in [-0.15, -0.1) is 0 Å². The fourth-order valence-electron chi connectivity index (χ4n) is 5.90. The lowest BCUT2D eigenvalue weighted by Gasteiger charge is -2.39. The van der Waals surface area contributed by atoms with Crippen molar-refractivity contribution in [3.63, 3.8) is 0 Å². The largest absolute Gasteiger partial charge is 0.493 e. The average molecular weight is 625 g/mol. The zero-order valence-electron chi connectivity index (χ0n) is 25.8. The first kappa shape index (κ1) is 30.7. The van der Waals surface area contributed by atoms with Crippen LogP contribution in [0.5, 0.6) is 17.2 Å². The number of rotatable bonds is 2. The Bertz CT molecular complexity index is 1840. The summed E-state index contributed by atoms with van der Waals surface area (Å²) in [6.07, 6.45) is 0.814. The summed E-state index contributed by atoms with van der Waals surface area (Å²) in [6, 6.07) is 19.1. The van der Waals surface area contributed by atoms with Gasteiger partial charge in [0.1, 0.15) is 11.9 Å². The number of nitrogens with zero attached hydrogens (tertiary/aromatic N) is 1. The van der Waals surface area contributed by atoms with Crippen LogP contribution in [-0.2, 0) is 22.6 Å². The van der Waals surface area contributed by atoms with E-state index in [-0.39, 0.29) is 30.5 Å².